The van der Waals surface area contributed by atoms with Crippen LogP contribution in [0.1, 0.15) is 19.4 Å². The van der Waals surface area contributed by atoms with E-state index in [-0.39, 0.29) is 5.91 Å². The van der Waals surface area contributed by atoms with E-state index in [1.807, 2.05) is 32.0 Å². The third-order valence-corrected chi connectivity index (χ3v) is 5.13. The number of ether oxygens (including phenoxy) is 1. The van der Waals surface area contributed by atoms with Gasteiger partial charge in [-0.05, 0) is 43.7 Å². The number of rotatable bonds is 4. The molecule has 1 aliphatic rings. The zero-order valence-corrected chi connectivity index (χ0v) is 15.9. The number of methoxy groups -OCH3 is 1. The number of amides is 1. The quantitative estimate of drug-likeness (QED) is 0.476. The first-order valence-corrected chi connectivity index (χ1v) is 8.73. The smallest absolute Gasteiger partial charge is 0.240 e. The Balaban J connectivity index is 1.91. The standard InChI is InChI=1S/C20H19N5O3/c1-20(2)11-7-14-15(8-13(11)25-19(20)27)24-18(23-14)10-5-6-12(21-3)16(22-9-26)17(10)28-4/h5-8,21H,1-4H3,(H,23,24)(H,25,27). The van der Waals surface area contributed by atoms with Crippen molar-refractivity contribution in [3.63, 3.8) is 0 Å². The van der Waals surface area contributed by atoms with E-state index in [1.165, 1.54) is 7.11 Å². The molecule has 2 heterocycles. The number of isocyanates is 1. The molecule has 0 spiro atoms. The van der Waals surface area contributed by atoms with Crippen LogP contribution in [0.3, 0.4) is 0 Å². The maximum atomic E-state index is 12.2. The zero-order chi connectivity index (χ0) is 20.1. The van der Waals surface area contributed by atoms with E-state index < -0.39 is 5.41 Å². The van der Waals surface area contributed by atoms with E-state index in [0.29, 0.717) is 28.5 Å². The van der Waals surface area contributed by atoms with Gasteiger partial charge in [-0.25, -0.2) is 9.78 Å². The van der Waals surface area contributed by atoms with Gasteiger partial charge >= 0.3 is 0 Å². The Labute approximate surface area is 161 Å². The lowest BCUT2D eigenvalue weighted by Crippen LogP contribution is -2.26. The number of aromatic nitrogens is 2. The minimum atomic E-state index is -0.611. The summed E-state index contributed by atoms with van der Waals surface area (Å²) in [6.45, 7) is 3.77. The maximum absolute atomic E-state index is 12.2. The largest absolute Gasteiger partial charge is 0.494 e. The molecule has 4 rings (SSSR count). The summed E-state index contributed by atoms with van der Waals surface area (Å²) in [6, 6.07) is 7.43. The molecule has 8 nitrogen and oxygen atoms in total. The molecule has 0 radical (unpaired) electrons. The fourth-order valence-corrected chi connectivity index (χ4v) is 3.53. The van der Waals surface area contributed by atoms with Gasteiger partial charge < -0.3 is 20.4 Å². The summed E-state index contributed by atoms with van der Waals surface area (Å²) in [4.78, 5) is 34.8. The molecule has 0 saturated heterocycles. The molecule has 1 amide bonds. The molecule has 0 fully saturated rings. The van der Waals surface area contributed by atoms with Crippen molar-refractivity contribution in [2.75, 3.05) is 24.8 Å². The number of carbonyl (C=O) groups excluding carboxylic acids is 2. The Morgan fingerprint density at radius 2 is 2.07 bits per heavy atom. The van der Waals surface area contributed by atoms with Gasteiger partial charge in [0.15, 0.2) is 5.75 Å². The second kappa shape index (κ2) is 6.21. The van der Waals surface area contributed by atoms with Crippen molar-refractivity contribution in [1.82, 2.24) is 9.97 Å². The van der Waals surface area contributed by atoms with Crippen molar-refractivity contribution < 1.29 is 14.3 Å². The number of anilines is 2. The van der Waals surface area contributed by atoms with Crippen LogP contribution in [0.4, 0.5) is 17.1 Å². The molecular weight excluding hydrogens is 358 g/mol. The summed E-state index contributed by atoms with van der Waals surface area (Å²) in [5, 5.41) is 5.89. The molecule has 0 aliphatic carbocycles. The average molecular weight is 377 g/mol. The van der Waals surface area contributed by atoms with Gasteiger partial charge in [0.1, 0.15) is 11.5 Å². The van der Waals surface area contributed by atoms with Crippen molar-refractivity contribution in [3.05, 3.63) is 29.8 Å². The molecule has 0 unspecified atom stereocenters. The van der Waals surface area contributed by atoms with Gasteiger partial charge in [-0.15, -0.1) is 0 Å². The van der Waals surface area contributed by atoms with Gasteiger partial charge in [0.2, 0.25) is 12.0 Å². The number of fused-ring (bicyclic) bond motifs is 2. The summed E-state index contributed by atoms with van der Waals surface area (Å²) < 4.78 is 5.52. The van der Waals surface area contributed by atoms with Crippen LogP contribution in [0.15, 0.2) is 29.3 Å². The Morgan fingerprint density at radius 1 is 1.29 bits per heavy atom. The fourth-order valence-electron chi connectivity index (χ4n) is 3.53. The molecule has 1 aromatic heterocycles. The van der Waals surface area contributed by atoms with Gasteiger partial charge in [-0.3, -0.25) is 4.79 Å². The van der Waals surface area contributed by atoms with Crippen molar-refractivity contribution in [3.8, 4) is 17.1 Å². The van der Waals surface area contributed by atoms with Crippen molar-refractivity contribution in [2.24, 2.45) is 4.99 Å². The summed E-state index contributed by atoms with van der Waals surface area (Å²) >= 11 is 0. The highest BCUT2D eigenvalue weighted by Crippen LogP contribution is 2.44. The first kappa shape index (κ1) is 17.8. The highest BCUT2D eigenvalue weighted by molar-refractivity contribution is 6.07. The molecule has 142 valence electrons. The summed E-state index contributed by atoms with van der Waals surface area (Å²) in [7, 11) is 3.24. The predicted molar refractivity (Wildman–Crippen MR) is 107 cm³/mol. The average Bonchev–Trinajstić information content (AvgIpc) is 3.18. The second-order valence-electron chi connectivity index (χ2n) is 7.08. The first-order valence-electron chi connectivity index (χ1n) is 8.73. The number of nitrogens with one attached hydrogen (secondary N) is 3. The van der Waals surface area contributed by atoms with Gasteiger partial charge in [-0.2, -0.15) is 4.99 Å². The number of aromatic amines is 1. The highest BCUT2D eigenvalue weighted by Gasteiger charge is 2.38. The third kappa shape index (κ3) is 2.46. The van der Waals surface area contributed by atoms with Crippen molar-refractivity contribution >= 4 is 40.1 Å². The molecular formula is C20H19N5O3. The lowest BCUT2D eigenvalue weighted by molar-refractivity contribution is -0.119. The van der Waals surface area contributed by atoms with Crippen LogP contribution in [-0.4, -0.2) is 36.1 Å². The molecule has 1 aliphatic heterocycles. The van der Waals surface area contributed by atoms with Crippen LogP contribution in [0.5, 0.6) is 5.75 Å². The fraction of sp³-hybridized carbons (Fsp3) is 0.250. The molecule has 28 heavy (non-hydrogen) atoms. The summed E-state index contributed by atoms with van der Waals surface area (Å²) in [6.07, 6.45) is 1.57. The Bertz CT molecular complexity index is 1170. The number of nitrogens with zero attached hydrogens (tertiary/aromatic N) is 2. The Hall–Kier alpha value is -3.64. The monoisotopic (exact) mass is 377 g/mol. The maximum Gasteiger partial charge on any atom is 0.240 e. The van der Waals surface area contributed by atoms with E-state index in [1.54, 1.807) is 19.2 Å². The lowest BCUT2D eigenvalue weighted by atomic mass is 9.86. The Kier molecular flexibility index (Phi) is 3.94. The molecule has 0 atom stereocenters. The second-order valence-corrected chi connectivity index (χ2v) is 7.08. The first-order chi connectivity index (χ1) is 13.4. The van der Waals surface area contributed by atoms with Gasteiger partial charge in [0.05, 0.1) is 34.8 Å². The number of hydrogen-bond donors (Lipinski definition) is 3. The number of hydrogen-bond acceptors (Lipinski definition) is 6. The van der Waals surface area contributed by atoms with Crippen LogP contribution in [0, 0.1) is 0 Å². The third-order valence-electron chi connectivity index (χ3n) is 5.13. The summed E-state index contributed by atoms with van der Waals surface area (Å²) in [5.74, 6) is 0.955. The number of aliphatic imine (C=N–C) groups is 1. The van der Waals surface area contributed by atoms with E-state index in [0.717, 1.165) is 22.3 Å². The highest BCUT2D eigenvalue weighted by atomic mass is 16.5. The van der Waals surface area contributed by atoms with E-state index in [9.17, 15) is 9.59 Å². The minimum absolute atomic E-state index is 0.0314. The minimum Gasteiger partial charge on any atom is -0.494 e. The van der Waals surface area contributed by atoms with Gasteiger partial charge in [0.25, 0.3) is 0 Å². The summed E-state index contributed by atoms with van der Waals surface area (Å²) in [5.41, 5.74) is 4.26. The van der Waals surface area contributed by atoms with Crippen molar-refractivity contribution in [2.45, 2.75) is 19.3 Å². The molecule has 2 aromatic carbocycles. The van der Waals surface area contributed by atoms with Crippen LogP contribution < -0.4 is 15.4 Å². The van der Waals surface area contributed by atoms with Gasteiger partial charge in [-0.1, -0.05) is 0 Å². The molecule has 0 saturated carbocycles. The zero-order valence-electron chi connectivity index (χ0n) is 15.9. The van der Waals surface area contributed by atoms with Crippen LogP contribution in [0.2, 0.25) is 0 Å². The number of carbonyl (C=O) groups is 1. The number of H-pyrrole nitrogens is 1. The van der Waals surface area contributed by atoms with Crippen molar-refractivity contribution in [1.29, 1.82) is 0 Å². The van der Waals surface area contributed by atoms with E-state index >= 15 is 0 Å². The lowest BCUT2D eigenvalue weighted by Gasteiger charge is -2.14. The number of benzene rings is 2. The van der Waals surface area contributed by atoms with E-state index in [2.05, 4.69) is 25.6 Å². The molecule has 3 aromatic rings. The van der Waals surface area contributed by atoms with Gasteiger partial charge in [0, 0.05) is 12.7 Å². The number of imidazole rings is 1. The van der Waals surface area contributed by atoms with E-state index in [4.69, 9.17) is 4.74 Å². The molecule has 0 bridgehead atoms. The normalized spacial score (nSPS) is 14.4. The molecule has 8 heteroatoms. The Morgan fingerprint density at radius 3 is 2.75 bits per heavy atom. The molecule has 3 N–H and O–H groups in total. The predicted octanol–water partition coefficient (Wildman–Crippen LogP) is 3.48. The SMILES string of the molecule is CNc1ccc(-c2nc3cc4c(cc3[nH]2)NC(=O)C4(C)C)c(OC)c1N=C=O. The van der Waals surface area contributed by atoms with Crippen LogP contribution >= 0.6 is 0 Å². The van der Waals surface area contributed by atoms with Crippen LogP contribution in [0.25, 0.3) is 22.4 Å². The van der Waals surface area contributed by atoms with Crippen LogP contribution in [-0.2, 0) is 15.0 Å². The topological polar surface area (TPSA) is 108 Å².